The molecule has 2 aromatic rings. The van der Waals surface area contributed by atoms with Crippen LogP contribution in [-0.2, 0) is 0 Å². The lowest BCUT2D eigenvalue weighted by Crippen LogP contribution is -2.23. The minimum Gasteiger partial charge on any atom is -0.508 e. The van der Waals surface area contributed by atoms with Gasteiger partial charge in [-0.05, 0) is 56.2 Å². The van der Waals surface area contributed by atoms with E-state index >= 15 is 0 Å². The molecule has 0 bridgehead atoms. The van der Waals surface area contributed by atoms with Gasteiger partial charge in [0.15, 0.2) is 0 Å². The SMILES string of the molecule is CCN(CC)CCCCCNc1cc(O)cc2ccc(NCC3=CC=CC(C)(C)C=C3)nc12. The minimum atomic E-state index is 0.0768. The molecule has 5 heteroatoms. The largest absolute Gasteiger partial charge is 0.508 e. The van der Waals surface area contributed by atoms with Gasteiger partial charge in [0.1, 0.15) is 11.6 Å². The van der Waals surface area contributed by atoms with Crippen molar-refractivity contribution in [1.29, 1.82) is 0 Å². The first-order valence-corrected chi connectivity index (χ1v) is 12.3. The number of rotatable bonds is 12. The fourth-order valence-corrected chi connectivity index (χ4v) is 4.02. The summed E-state index contributed by atoms with van der Waals surface area (Å²) in [5.41, 5.74) is 3.06. The highest BCUT2D eigenvalue weighted by molar-refractivity contribution is 5.93. The second-order valence-corrected chi connectivity index (χ2v) is 9.38. The number of phenolic OH excluding ortho intramolecular Hbond substituents is 1. The van der Waals surface area contributed by atoms with Crippen LogP contribution in [-0.4, -0.2) is 47.7 Å². The summed E-state index contributed by atoms with van der Waals surface area (Å²) < 4.78 is 0. The van der Waals surface area contributed by atoms with E-state index in [1.165, 1.54) is 18.4 Å². The Balaban J connectivity index is 1.60. The van der Waals surface area contributed by atoms with Crippen LogP contribution in [0.3, 0.4) is 0 Å². The van der Waals surface area contributed by atoms with Crippen molar-refractivity contribution >= 4 is 22.4 Å². The number of anilines is 2. The summed E-state index contributed by atoms with van der Waals surface area (Å²) in [5.74, 6) is 1.09. The van der Waals surface area contributed by atoms with Gasteiger partial charge < -0.3 is 20.6 Å². The van der Waals surface area contributed by atoms with Gasteiger partial charge >= 0.3 is 0 Å². The van der Waals surface area contributed by atoms with Gasteiger partial charge in [-0.1, -0.05) is 64.5 Å². The standard InChI is InChI=1S/C28H40N4O/c1-5-32(6-2)18-9-7-8-17-29-25-20-24(33)19-23-12-13-26(31-27(23)25)30-21-22-11-10-15-28(3,4)16-14-22/h10-16,19-20,29,33H,5-9,17-18,21H2,1-4H3,(H,30,31). The number of aromatic hydroxyl groups is 1. The highest BCUT2D eigenvalue weighted by Gasteiger charge is 2.11. The molecule has 1 heterocycles. The number of benzene rings is 1. The van der Waals surface area contributed by atoms with Gasteiger partial charge in [-0.3, -0.25) is 0 Å². The number of unbranched alkanes of at least 4 members (excludes halogenated alkanes) is 2. The van der Waals surface area contributed by atoms with Crippen molar-refractivity contribution in [3.8, 4) is 5.75 Å². The first-order valence-electron chi connectivity index (χ1n) is 12.3. The normalized spacial score (nSPS) is 15.0. The van der Waals surface area contributed by atoms with Crippen LogP contribution >= 0.6 is 0 Å². The number of nitrogens with one attached hydrogen (secondary N) is 2. The highest BCUT2D eigenvalue weighted by Crippen LogP contribution is 2.29. The predicted octanol–water partition coefficient (Wildman–Crippen LogP) is 6.35. The fraction of sp³-hybridized carbons (Fsp3) is 0.464. The molecule has 0 unspecified atom stereocenters. The molecule has 0 saturated heterocycles. The first-order chi connectivity index (χ1) is 15.9. The maximum Gasteiger partial charge on any atom is 0.127 e. The van der Waals surface area contributed by atoms with Gasteiger partial charge in [0, 0.05) is 30.0 Å². The smallest absolute Gasteiger partial charge is 0.127 e. The quantitative estimate of drug-likeness (QED) is 0.330. The van der Waals surface area contributed by atoms with E-state index in [2.05, 4.69) is 73.6 Å². The van der Waals surface area contributed by atoms with Crippen LogP contribution in [0.5, 0.6) is 5.75 Å². The first kappa shape index (κ1) is 24.8. The zero-order chi connectivity index (χ0) is 23.7. The molecule has 3 rings (SSSR count). The number of phenols is 1. The molecule has 1 aromatic carbocycles. The van der Waals surface area contributed by atoms with E-state index in [1.54, 1.807) is 12.1 Å². The van der Waals surface area contributed by atoms with Crippen LogP contribution in [0.15, 0.2) is 60.2 Å². The molecule has 0 saturated carbocycles. The van der Waals surface area contributed by atoms with Gasteiger partial charge in [0.05, 0.1) is 11.2 Å². The van der Waals surface area contributed by atoms with E-state index in [9.17, 15) is 5.11 Å². The third kappa shape index (κ3) is 7.64. The van der Waals surface area contributed by atoms with Gasteiger partial charge in [0.2, 0.25) is 0 Å². The lowest BCUT2D eigenvalue weighted by Gasteiger charge is -2.17. The molecule has 0 radical (unpaired) electrons. The highest BCUT2D eigenvalue weighted by atomic mass is 16.3. The molecular formula is C28H40N4O. The Morgan fingerprint density at radius 1 is 1.00 bits per heavy atom. The average Bonchev–Trinajstić information content (AvgIpc) is 2.97. The fourth-order valence-electron chi connectivity index (χ4n) is 4.02. The number of aromatic nitrogens is 1. The number of fused-ring (bicyclic) bond motifs is 1. The van der Waals surface area contributed by atoms with Crippen molar-refractivity contribution in [2.45, 2.75) is 47.0 Å². The zero-order valence-electron chi connectivity index (χ0n) is 20.7. The van der Waals surface area contributed by atoms with Gasteiger partial charge in [-0.15, -0.1) is 0 Å². The second-order valence-electron chi connectivity index (χ2n) is 9.38. The van der Waals surface area contributed by atoms with Crippen LogP contribution in [0.1, 0.15) is 47.0 Å². The second kappa shape index (κ2) is 11.9. The lowest BCUT2D eigenvalue weighted by atomic mass is 9.93. The summed E-state index contributed by atoms with van der Waals surface area (Å²) in [4.78, 5) is 7.32. The van der Waals surface area contributed by atoms with Crippen LogP contribution in [0.4, 0.5) is 11.5 Å². The maximum absolute atomic E-state index is 10.2. The predicted molar refractivity (Wildman–Crippen MR) is 142 cm³/mol. The van der Waals surface area contributed by atoms with E-state index in [-0.39, 0.29) is 11.2 Å². The molecule has 0 fully saturated rings. The third-order valence-electron chi connectivity index (χ3n) is 6.17. The Kier molecular flexibility index (Phi) is 8.95. The molecule has 1 aliphatic rings. The van der Waals surface area contributed by atoms with Crippen molar-refractivity contribution in [2.24, 2.45) is 5.41 Å². The molecule has 1 aromatic heterocycles. The maximum atomic E-state index is 10.2. The molecule has 0 amide bonds. The molecule has 0 spiro atoms. The van der Waals surface area contributed by atoms with Gasteiger partial charge in [-0.2, -0.15) is 0 Å². The minimum absolute atomic E-state index is 0.0768. The topological polar surface area (TPSA) is 60.4 Å². The molecule has 33 heavy (non-hydrogen) atoms. The van der Waals surface area contributed by atoms with Crippen LogP contribution in [0.2, 0.25) is 0 Å². The number of hydrogen-bond acceptors (Lipinski definition) is 5. The van der Waals surface area contributed by atoms with Crippen molar-refractivity contribution in [1.82, 2.24) is 9.88 Å². The average molecular weight is 449 g/mol. The van der Waals surface area contributed by atoms with E-state index in [4.69, 9.17) is 4.98 Å². The Morgan fingerprint density at radius 3 is 2.61 bits per heavy atom. The van der Waals surface area contributed by atoms with E-state index in [0.717, 1.165) is 55.0 Å². The Morgan fingerprint density at radius 2 is 1.82 bits per heavy atom. The molecule has 5 nitrogen and oxygen atoms in total. The monoisotopic (exact) mass is 448 g/mol. The van der Waals surface area contributed by atoms with Crippen molar-refractivity contribution in [3.63, 3.8) is 0 Å². The Hall–Kier alpha value is -2.79. The van der Waals surface area contributed by atoms with Crippen molar-refractivity contribution in [2.75, 3.05) is 43.4 Å². The summed E-state index contributed by atoms with van der Waals surface area (Å²) >= 11 is 0. The summed E-state index contributed by atoms with van der Waals surface area (Å²) in [7, 11) is 0. The molecule has 0 aliphatic heterocycles. The number of nitrogens with zero attached hydrogens (tertiary/aromatic N) is 2. The molecule has 0 atom stereocenters. The number of allylic oxidation sites excluding steroid dienone is 4. The van der Waals surface area contributed by atoms with Crippen LogP contribution in [0, 0.1) is 5.41 Å². The summed E-state index contributed by atoms with van der Waals surface area (Å²) in [5, 5.41) is 18.1. The summed E-state index contributed by atoms with van der Waals surface area (Å²) in [6, 6.07) is 7.53. The zero-order valence-corrected chi connectivity index (χ0v) is 20.7. The van der Waals surface area contributed by atoms with E-state index in [1.807, 2.05) is 12.1 Å². The lowest BCUT2D eigenvalue weighted by molar-refractivity contribution is 0.296. The molecular weight excluding hydrogens is 408 g/mol. The van der Waals surface area contributed by atoms with Crippen LogP contribution < -0.4 is 10.6 Å². The Bertz CT molecular complexity index is 1000. The van der Waals surface area contributed by atoms with Gasteiger partial charge in [0.25, 0.3) is 0 Å². The van der Waals surface area contributed by atoms with Crippen molar-refractivity contribution in [3.05, 3.63) is 60.2 Å². The summed E-state index contributed by atoms with van der Waals surface area (Å²) in [6.07, 6.45) is 14.4. The van der Waals surface area contributed by atoms with E-state index < -0.39 is 0 Å². The molecule has 1 aliphatic carbocycles. The third-order valence-corrected chi connectivity index (χ3v) is 6.17. The van der Waals surface area contributed by atoms with E-state index in [0.29, 0.717) is 6.54 Å². The van der Waals surface area contributed by atoms with Gasteiger partial charge in [-0.25, -0.2) is 4.98 Å². The number of pyridine rings is 1. The summed E-state index contributed by atoms with van der Waals surface area (Å²) in [6.45, 7) is 13.8. The Labute approximate surface area is 199 Å². The number of hydrogen-bond donors (Lipinski definition) is 3. The van der Waals surface area contributed by atoms with Crippen LogP contribution in [0.25, 0.3) is 10.9 Å². The molecule has 3 N–H and O–H groups in total. The van der Waals surface area contributed by atoms with Crippen molar-refractivity contribution < 1.29 is 5.11 Å². The molecule has 178 valence electrons.